The van der Waals surface area contributed by atoms with Crippen LogP contribution in [0.5, 0.6) is 0 Å². The van der Waals surface area contributed by atoms with Gasteiger partial charge in [-0.05, 0) is 36.6 Å². The van der Waals surface area contributed by atoms with Crippen LogP contribution < -0.4 is 5.32 Å². The molecule has 30 heavy (non-hydrogen) atoms. The Kier molecular flexibility index (Phi) is 6.43. The normalized spacial score (nSPS) is 12.0. The average Bonchev–Trinajstić information content (AvgIpc) is 2.65. The highest BCUT2D eigenvalue weighted by atomic mass is 19.4. The molecule has 2 aromatic rings. The van der Waals surface area contributed by atoms with Crippen LogP contribution in [0.2, 0.25) is 0 Å². The van der Waals surface area contributed by atoms with Gasteiger partial charge in [0.2, 0.25) is 0 Å². The third-order valence-electron chi connectivity index (χ3n) is 4.27. The van der Waals surface area contributed by atoms with Crippen molar-refractivity contribution in [1.82, 2.24) is 4.98 Å². The fourth-order valence-electron chi connectivity index (χ4n) is 2.85. The molecule has 0 atom stereocenters. The number of carbonyl (C=O) groups is 2. The zero-order valence-corrected chi connectivity index (χ0v) is 15.7. The summed E-state index contributed by atoms with van der Waals surface area (Å²) < 4.78 is 78.7. The summed E-state index contributed by atoms with van der Waals surface area (Å²) in [5.41, 5.74) is -5.15. The van der Waals surface area contributed by atoms with Crippen LogP contribution in [0.25, 0.3) is 0 Å². The van der Waals surface area contributed by atoms with E-state index < -0.39 is 46.5 Å². The van der Waals surface area contributed by atoms with Gasteiger partial charge in [0.05, 0.1) is 22.3 Å². The number of carboxylic acid groups (broad SMARTS) is 1. The number of carbonyl (C=O) groups excluding carboxylic acids is 1. The van der Waals surface area contributed by atoms with Crippen molar-refractivity contribution in [2.24, 2.45) is 0 Å². The van der Waals surface area contributed by atoms with Crippen molar-refractivity contribution in [3.8, 4) is 0 Å². The third kappa shape index (κ3) is 4.89. The number of rotatable bonds is 5. The fourth-order valence-corrected chi connectivity index (χ4v) is 2.85. The lowest BCUT2D eigenvalue weighted by molar-refractivity contribution is -0.162. The SMILES string of the molecule is CCc1ccc(NC(=O)c2cc(C(F)(F)F)c(C(F)(F)F)cc2C(=O)O)nc1CC. The van der Waals surface area contributed by atoms with Crippen LogP contribution in [-0.2, 0) is 25.2 Å². The number of benzene rings is 1. The van der Waals surface area contributed by atoms with Gasteiger partial charge in [-0.3, -0.25) is 4.79 Å². The summed E-state index contributed by atoms with van der Waals surface area (Å²) in [5.74, 6) is -3.38. The molecule has 1 amide bonds. The van der Waals surface area contributed by atoms with Crippen LogP contribution in [0.4, 0.5) is 32.2 Å². The van der Waals surface area contributed by atoms with Crippen molar-refractivity contribution in [2.45, 2.75) is 39.0 Å². The number of nitrogens with one attached hydrogen (secondary N) is 1. The van der Waals surface area contributed by atoms with E-state index in [2.05, 4.69) is 10.3 Å². The molecule has 0 saturated carbocycles. The highest BCUT2D eigenvalue weighted by molar-refractivity contribution is 6.10. The van der Waals surface area contributed by atoms with E-state index in [-0.39, 0.29) is 18.0 Å². The monoisotopic (exact) mass is 434 g/mol. The molecule has 0 unspecified atom stereocenters. The summed E-state index contributed by atoms with van der Waals surface area (Å²) in [4.78, 5) is 28.0. The molecule has 0 saturated heterocycles. The molecule has 11 heteroatoms. The summed E-state index contributed by atoms with van der Waals surface area (Å²) in [7, 11) is 0. The van der Waals surface area contributed by atoms with Crippen LogP contribution in [0.15, 0.2) is 24.3 Å². The van der Waals surface area contributed by atoms with Crippen LogP contribution in [-0.4, -0.2) is 22.0 Å². The first-order chi connectivity index (χ1) is 13.8. The highest BCUT2D eigenvalue weighted by Crippen LogP contribution is 2.41. The van der Waals surface area contributed by atoms with Gasteiger partial charge in [0.25, 0.3) is 5.91 Å². The van der Waals surface area contributed by atoms with E-state index in [0.29, 0.717) is 18.5 Å². The average molecular weight is 434 g/mol. The predicted octanol–water partition coefficient (Wildman–Crippen LogP) is 5.19. The van der Waals surface area contributed by atoms with Gasteiger partial charge in [-0.2, -0.15) is 26.3 Å². The maximum Gasteiger partial charge on any atom is 0.417 e. The number of amides is 1. The molecule has 162 valence electrons. The molecule has 0 fully saturated rings. The molecule has 5 nitrogen and oxygen atoms in total. The Hall–Kier alpha value is -3.11. The second-order valence-electron chi connectivity index (χ2n) is 6.21. The molecule has 0 aliphatic heterocycles. The van der Waals surface area contributed by atoms with Crippen molar-refractivity contribution in [2.75, 3.05) is 5.32 Å². The molecule has 0 radical (unpaired) electrons. The Bertz CT molecular complexity index is 983. The number of aromatic carboxylic acids is 1. The van der Waals surface area contributed by atoms with Gasteiger partial charge in [-0.1, -0.05) is 19.9 Å². The molecule has 2 rings (SSSR count). The van der Waals surface area contributed by atoms with Gasteiger partial charge in [0.15, 0.2) is 0 Å². The maximum absolute atomic E-state index is 13.2. The lowest BCUT2D eigenvalue weighted by Crippen LogP contribution is -2.23. The van der Waals surface area contributed by atoms with E-state index in [1.54, 1.807) is 13.0 Å². The van der Waals surface area contributed by atoms with E-state index in [0.717, 1.165) is 5.56 Å². The molecule has 0 bridgehead atoms. The molecular weight excluding hydrogens is 418 g/mol. The van der Waals surface area contributed by atoms with Crippen molar-refractivity contribution < 1.29 is 41.0 Å². The van der Waals surface area contributed by atoms with Crippen molar-refractivity contribution in [3.05, 3.63) is 57.8 Å². The molecule has 1 aromatic carbocycles. The van der Waals surface area contributed by atoms with Gasteiger partial charge < -0.3 is 10.4 Å². The number of aryl methyl sites for hydroxylation is 2. The van der Waals surface area contributed by atoms with E-state index in [1.807, 2.05) is 6.92 Å². The number of halogens is 6. The zero-order valence-electron chi connectivity index (χ0n) is 15.7. The predicted molar refractivity (Wildman–Crippen MR) is 94.4 cm³/mol. The quantitative estimate of drug-likeness (QED) is 0.635. The number of hydrogen-bond acceptors (Lipinski definition) is 3. The lowest BCUT2D eigenvalue weighted by Gasteiger charge is -2.18. The Balaban J connectivity index is 2.59. The molecule has 1 heterocycles. The van der Waals surface area contributed by atoms with Gasteiger partial charge >= 0.3 is 18.3 Å². The molecule has 0 aliphatic carbocycles. The van der Waals surface area contributed by atoms with Crippen molar-refractivity contribution in [3.63, 3.8) is 0 Å². The molecule has 0 aliphatic rings. The molecule has 1 aromatic heterocycles. The standard InChI is InChI=1S/C19H16F6N2O3/c1-3-9-5-6-15(26-14(9)4-2)27-16(28)10-7-12(18(20,21)22)13(19(23,24)25)8-11(10)17(29)30/h5-8H,3-4H2,1-2H3,(H,29,30)(H,26,27,28). The van der Waals surface area contributed by atoms with Crippen LogP contribution in [0, 0.1) is 0 Å². The largest absolute Gasteiger partial charge is 0.478 e. The lowest BCUT2D eigenvalue weighted by atomic mass is 9.96. The second kappa shape index (κ2) is 8.33. The Labute approximate surface area is 166 Å². The van der Waals surface area contributed by atoms with Crippen molar-refractivity contribution >= 4 is 17.7 Å². The number of hydrogen-bond donors (Lipinski definition) is 2. The van der Waals surface area contributed by atoms with Gasteiger partial charge in [0, 0.05) is 5.69 Å². The number of aromatic nitrogens is 1. The first-order valence-corrected chi connectivity index (χ1v) is 8.65. The zero-order chi connectivity index (χ0) is 22.9. The third-order valence-corrected chi connectivity index (χ3v) is 4.27. The van der Waals surface area contributed by atoms with Gasteiger partial charge in [0.1, 0.15) is 5.82 Å². The summed E-state index contributed by atoms with van der Waals surface area (Å²) >= 11 is 0. The first-order valence-electron chi connectivity index (χ1n) is 8.65. The topological polar surface area (TPSA) is 79.3 Å². The van der Waals surface area contributed by atoms with Crippen LogP contribution in [0.1, 0.15) is 56.9 Å². The maximum atomic E-state index is 13.2. The summed E-state index contributed by atoms with van der Waals surface area (Å²) in [6, 6.07) is 2.70. The minimum Gasteiger partial charge on any atom is -0.478 e. The summed E-state index contributed by atoms with van der Waals surface area (Å²) in [6.45, 7) is 3.66. The van der Waals surface area contributed by atoms with E-state index in [4.69, 9.17) is 0 Å². The number of anilines is 1. The number of carboxylic acids is 1. The van der Waals surface area contributed by atoms with E-state index in [1.165, 1.54) is 6.07 Å². The summed E-state index contributed by atoms with van der Waals surface area (Å²) in [5, 5.41) is 11.3. The smallest absolute Gasteiger partial charge is 0.417 e. The fraction of sp³-hybridized carbons (Fsp3) is 0.316. The van der Waals surface area contributed by atoms with Crippen LogP contribution in [0.3, 0.4) is 0 Å². The van der Waals surface area contributed by atoms with Gasteiger partial charge in [-0.25, -0.2) is 9.78 Å². The van der Waals surface area contributed by atoms with Crippen molar-refractivity contribution in [1.29, 1.82) is 0 Å². The van der Waals surface area contributed by atoms with E-state index >= 15 is 0 Å². The Morgan fingerprint density at radius 1 is 0.933 bits per heavy atom. The number of pyridine rings is 1. The van der Waals surface area contributed by atoms with Crippen LogP contribution >= 0.6 is 0 Å². The minimum absolute atomic E-state index is 0.0705. The Morgan fingerprint density at radius 3 is 1.90 bits per heavy atom. The Morgan fingerprint density at radius 2 is 1.47 bits per heavy atom. The molecule has 0 spiro atoms. The van der Waals surface area contributed by atoms with Gasteiger partial charge in [-0.15, -0.1) is 0 Å². The number of nitrogens with zero attached hydrogens (tertiary/aromatic N) is 1. The van der Waals surface area contributed by atoms with E-state index in [9.17, 15) is 41.0 Å². The molecular formula is C19H16F6N2O3. The molecule has 2 N–H and O–H groups in total. The summed E-state index contributed by atoms with van der Waals surface area (Å²) in [6.07, 6.45) is -9.81. The minimum atomic E-state index is -5.47. The second-order valence-corrected chi connectivity index (χ2v) is 6.21. The first kappa shape index (κ1) is 23.2. The highest BCUT2D eigenvalue weighted by Gasteiger charge is 2.44. The number of alkyl halides is 6.